The lowest BCUT2D eigenvalue weighted by atomic mass is 10.2. The van der Waals surface area contributed by atoms with Crippen molar-refractivity contribution in [3.63, 3.8) is 0 Å². The number of hydrogen-bond acceptors (Lipinski definition) is 6. The van der Waals surface area contributed by atoms with Gasteiger partial charge < -0.3 is 19.0 Å². The summed E-state index contributed by atoms with van der Waals surface area (Å²) in [6.07, 6.45) is 3.46. The zero-order valence-electron chi connectivity index (χ0n) is 16.7. The molecule has 152 valence electrons. The third-order valence-electron chi connectivity index (χ3n) is 4.36. The molecule has 8 nitrogen and oxygen atoms in total. The second kappa shape index (κ2) is 9.09. The Morgan fingerprint density at radius 3 is 2.52 bits per heavy atom. The van der Waals surface area contributed by atoms with Crippen LogP contribution < -0.4 is 4.90 Å². The van der Waals surface area contributed by atoms with Gasteiger partial charge in [0.15, 0.2) is 6.61 Å². The van der Waals surface area contributed by atoms with Crippen molar-refractivity contribution < 1.29 is 18.7 Å². The van der Waals surface area contributed by atoms with Crippen molar-refractivity contribution in [1.82, 2.24) is 14.7 Å². The van der Waals surface area contributed by atoms with Crippen molar-refractivity contribution in [2.75, 3.05) is 32.6 Å². The Morgan fingerprint density at radius 1 is 1.10 bits per heavy atom. The van der Waals surface area contributed by atoms with Crippen molar-refractivity contribution in [1.29, 1.82) is 0 Å². The SMILES string of the molecule is CN(Cc1ccc(N(C)C)cc1)C(=O)COC(=O)c1ccc(Cn2cccn2)o1. The Balaban J connectivity index is 1.48. The van der Waals surface area contributed by atoms with E-state index >= 15 is 0 Å². The van der Waals surface area contributed by atoms with E-state index in [2.05, 4.69) is 5.10 Å². The van der Waals surface area contributed by atoms with E-state index in [9.17, 15) is 9.59 Å². The Labute approximate surface area is 169 Å². The quantitative estimate of drug-likeness (QED) is 0.544. The first-order chi connectivity index (χ1) is 13.9. The van der Waals surface area contributed by atoms with E-state index in [0.717, 1.165) is 11.3 Å². The van der Waals surface area contributed by atoms with Gasteiger partial charge in [-0.25, -0.2) is 4.79 Å². The van der Waals surface area contributed by atoms with Crippen molar-refractivity contribution in [3.8, 4) is 0 Å². The van der Waals surface area contributed by atoms with Gasteiger partial charge in [0, 0.05) is 45.8 Å². The minimum Gasteiger partial charge on any atom is -0.452 e. The van der Waals surface area contributed by atoms with Crippen molar-refractivity contribution in [3.05, 3.63) is 71.9 Å². The number of ether oxygens (including phenoxy) is 1. The van der Waals surface area contributed by atoms with E-state index in [1.165, 1.54) is 11.0 Å². The lowest BCUT2D eigenvalue weighted by molar-refractivity contribution is -0.133. The second-order valence-corrected chi connectivity index (χ2v) is 6.86. The van der Waals surface area contributed by atoms with Crippen LogP contribution in [0.2, 0.25) is 0 Å². The van der Waals surface area contributed by atoms with E-state index in [4.69, 9.17) is 9.15 Å². The average molecular weight is 396 g/mol. The van der Waals surface area contributed by atoms with Crippen LogP contribution >= 0.6 is 0 Å². The molecule has 0 N–H and O–H groups in total. The first kappa shape index (κ1) is 20.2. The summed E-state index contributed by atoms with van der Waals surface area (Å²) < 4.78 is 12.2. The van der Waals surface area contributed by atoms with Crippen LogP contribution in [0.4, 0.5) is 5.69 Å². The minimum absolute atomic E-state index is 0.0573. The molecule has 2 aromatic heterocycles. The normalized spacial score (nSPS) is 10.6. The molecule has 0 saturated carbocycles. The van der Waals surface area contributed by atoms with Crippen LogP contribution in [0.25, 0.3) is 0 Å². The van der Waals surface area contributed by atoms with Gasteiger partial charge in [0.1, 0.15) is 5.76 Å². The van der Waals surface area contributed by atoms with E-state index in [1.807, 2.05) is 43.3 Å². The zero-order chi connectivity index (χ0) is 20.8. The number of furan rings is 1. The van der Waals surface area contributed by atoms with E-state index < -0.39 is 5.97 Å². The third-order valence-corrected chi connectivity index (χ3v) is 4.36. The minimum atomic E-state index is -0.672. The number of likely N-dealkylation sites (N-methyl/N-ethyl adjacent to an activating group) is 1. The standard InChI is InChI=1S/C21H24N4O4/c1-23(2)17-7-5-16(6-8-17)13-24(3)20(26)15-28-21(27)19-10-9-18(29-19)14-25-12-4-11-22-25/h4-12H,13-15H2,1-3H3. The van der Waals surface area contributed by atoms with Crippen LogP contribution in [-0.4, -0.2) is 54.3 Å². The van der Waals surface area contributed by atoms with Gasteiger partial charge in [-0.05, 0) is 35.9 Å². The summed E-state index contributed by atoms with van der Waals surface area (Å²) in [6, 6.07) is 12.9. The molecular weight excluding hydrogens is 372 g/mol. The van der Waals surface area contributed by atoms with Gasteiger partial charge in [-0.15, -0.1) is 0 Å². The predicted octanol–water partition coefficient (Wildman–Crippen LogP) is 2.41. The number of carbonyl (C=O) groups excluding carboxylic acids is 2. The molecule has 0 saturated heterocycles. The van der Waals surface area contributed by atoms with Gasteiger partial charge in [0.25, 0.3) is 5.91 Å². The molecule has 3 aromatic rings. The van der Waals surface area contributed by atoms with Gasteiger partial charge in [-0.2, -0.15) is 5.10 Å². The van der Waals surface area contributed by atoms with Gasteiger partial charge in [-0.1, -0.05) is 12.1 Å². The van der Waals surface area contributed by atoms with Crippen LogP contribution in [0.5, 0.6) is 0 Å². The number of anilines is 1. The van der Waals surface area contributed by atoms with Crippen LogP contribution in [0, 0.1) is 0 Å². The highest BCUT2D eigenvalue weighted by Crippen LogP contribution is 2.14. The molecule has 3 rings (SSSR count). The summed E-state index contributed by atoms with van der Waals surface area (Å²) >= 11 is 0. The van der Waals surface area contributed by atoms with Gasteiger partial charge >= 0.3 is 5.97 Å². The predicted molar refractivity (Wildman–Crippen MR) is 108 cm³/mol. The maximum Gasteiger partial charge on any atom is 0.374 e. The Kier molecular flexibility index (Phi) is 6.33. The zero-order valence-corrected chi connectivity index (χ0v) is 16.7. The first-order valence-corrected chi connectivity index (χ1v) is 9.16. The number of esters is 1. The summed E-state index contributed by atoms with van der Waals surface area (Å²) in [5, 5.41) is 4.08. The fourth-order valence-corrected chi connectivity index (χ4v) is 2.70. The number of hydrogen-bond donors (Lipinski definition) is 0. The summed E-state index contributed by atoms with van der Waals surface area (Å²) in [5.41, 5.74) is 2.08. The highest BCUT2D eigenvalue weighted by molar-refractivity contribution is 5.88. The van der Waals surface area contributed by atoms with Gasteiger partial charge in [0.2, 0.25) is 5.76 Å². The first-order valence-electron chi connectivity index (χ1n) is 9.16. The highest BCUT2D eigenvalue weighted by Gasteiger charge is 2.17. The summed E-state index contributed by atoms with van der Waals surface area (Å²) in [6.45, 7) is 0.494. The molecule has 0 fully saturated rings. The third kappa shape index (κ3) is 5.47. The lowest BCUT2D eigenvalue weighted by Gasteiger charge is -2.18. The lowest BCUT2D eigenvalue weighted by Crippen LogP contribution is -2.30. The molecule has 0 radical (unpaired) electrons. The smallest absolute Gasteiger partial charge is 0.374 e. The molecule has 1 aromatic carbocycles. The van der Waals surface area contributed by atoms with E-state index in [0.29, 0.717) is 18.8 Å². The molecule has 29 heavy (non-hydrogen) atoms. The molecule has 2 heterocycles. The van der Waals surface area contributed by atoms with Gasteiger partial charge in [-0.3, -0.25) is 9.48 Å². The molecule has 1 amide bonds. The van der Waals surface area contributed by atoms with Crippen molar-refractivity contribution in [2.45, 2.75) is 13.1 Å². The summed E-state index contributed by atoms with van der Waals surface area (Å²) in [7, 11) is 5.61. The molecule has 0 aliphatic carbocycles. The molecule has 0 unspecified atom stereocenters. The highest BCUT2D eigenvalue weighted by atomic mass is 16.5. The number of aromatic nitrogens is 2. The van der Waals surface area contributed by atoms with Crippen molar-refractivity contribution in [2.24, 2.45) is 0 Å². The Hall–Kier alpha value is -3.55. The number of amides is 1. The molecular formula is C21H24N4O4. The largest absolute Gasteiger partial charge is 0.452 e. The van der Waals surface area contributed by atoms with E-state index in [1.54, 1.807) is 36.3 Å². The Bertz CT molecular complexity index is 945. The van der Waals surface area contributed by atoms with Crippen LogP contribution in [0.1, 0.15) is 21.9 Å². The van der Waals surface area contributed by atoms with Crippen LogP contribution in [0.15, 0.2) is 59.3 Å². The van der Waals surface area contributed by atoms with Crippen LogP contribution in [0.3, 0.4) is 0 Å². The number of rotatable bonds is 8. The molecule has 0 spiro atoms. The fraction of sp³-hybridized carbons (Fsp3) is 0.286. The monoisotopic (exact) mass is 396 g/mol. The number of carbonyl (C=O) groups is 2. The topological polar surface area (TPSA) is 80.8 Å². The number of benzene rings is 1. The summed E-state index contributed by atoms with van der Waals surface area (Å²) in [4.78, 5) is 27.9. The summed E-state index contributed by atoms with van der Waals surface area (Å²) in [5.74, 6) is -0.334. The molecule has 0 aliphatic heterocycles. The molecule has 0 aliphatic rings. The average Bonchev–Trinajstić information content (AvgIpc) is 3.38. The van der Waals surface area contributed by atoms with E-state index in [-0.39, 0.29) is 18.3 Å². The van der Waals surface area contributed by atoms with Crippen molar-refractivity contribution >= 4 is 17.6 Å². The van der Waals surface area contributed by atoms with Crippen LogP contribution in [-0.2, 0) is 22.6 Å². The second-order valence-electron chi connectivity index (χ2n) is 6.86. The fourth-order valence-electron chi connectivity index (χ4n) is 2.70. The van der Waals surface area contributed by atoms with Gasteiger partial charge in [0.05, 0.1) is 6.54 Å². The molecule has 8 heteroatoms. The number of nitrogens with zero attached hydrogens (tertiary/aromatic N) is 4. The maximum absolute atomic E-state index is 12.3. The molecule has 0 atom stereocenters. The molecule has 0 bridgehead atoms. The Morgan fingerprint density at radius 2 is 1.86 bits per heavy atom. The maximum atomic E-state index is 12.3.